The second kappa shape index (κ2) is 14.2. The van der Waals surface area contributed by atoms with Crippen molar-refractivity contribution < 1.29 is 49.0 Å². The third-order valence-corrected chi connectivity index (χ3v) is 6.84. The smallest absolute Gasteiger partial charge is 0.336 e. The van der Waals surface area contributed by atoms with E-state index in [0.29, 0.717) is 22.0 Å². The van der Waals surface area contributed by atoms with Crippen LogP contribution in [0.1, 0.15) is 25.3 Å². The van der Waals surface area contributed by atoms with E-state index in [-0.39, 0.29) is 37.5 Å². The number of ether oxygens (including phenoxy) is 4. The number of esters is 2. The molecule has 0 aromatic heterocycles. The summed E-state index contributed by atoms with van der Waals surface area (Å²) in [6, 6.07) is 6.86. The van der Waals surface area contributed by atoms with E-state index in [4.69, 9.17) is 30.5 Å². The minimum absolute atomic E-state index is 0.0722. The van der Waals surface area contributed by atoms with Crippen LogP contribution in [0.2, 0.25) is 5.02 Å². The molecule has 2 aliphatic rings. The highest BCUT2D eigenvalue weighted by atomic mass is 35.5. The van der Waals surface area contributed by atoms with Crippen LogP contribution in [0.3, 0.4) is 0 Å². The maximum atomic E-state index is 13.2. The van der Waals surface area contributed by atoms with Gasteiger partial charge in [0.05, 0.1) is 56.3 Å². The average molecular weight is 571 g/mol. The molecule has 0 aliphatic carbocycles. The van der Waals surface area contributed by atoms with Gasteiger partial charge in [-0.1, -0.05) is 29.8 Å². The summed E-state index contributed by atoms with van der Waals surface area (Å²) in [6.45, 7) is 3.08. The predicted molar refractivity (Wildman–Crippen MR) is 138 cm³/mol. The molecule has 6 N–H and O–H groups in total. The van der Waals surface area contributed by atoms with Gasteiger partial charge < -0.3 is 44.7 Å². The van der Waals surface area contributed by atoms with Crippen LogP contribution < -0.4 is 10.6 Å². The maximum Gasteiger partial charge on any atom is 0.336 e. The van der Waals surface area contributed by atoms with Gasteiger partial charge in [-0.2, -0.15) is 0 Å². The molecule has 0 amide bonds. The SMILES string of the molecule is CCOC(=O)C1=C(COCCN[C@H]2O[C@H](CO)[C@H](O)[C@H](O)[C@H]2O)NC(C)=C(C(=O)OC)[C@H]1c1ccccc1Cl. The quantitative estimate of drug-likeness (QED) is 0.151. The lowest BCUT2D eigenvalue weighted by Gasteiger charge is -2.40. The van der Waals surface area contributed by atoms with E-state index in [0.717, 1.165) is 0 Å². The maximum absolute atomic E-state index is 13.2. The Morgan fingerprint density at radius 3 is 2.46 bits per heavy atom. The number of dihydropyridines is 1. The van der Waals surface area contributed by atoms with Crippen LogP contribution in [0, 0.1) is 0 Å². The largest absolute Gasteiger partial charge is 0.466 e. The predicted octanol–water partition coefficient (Wildman–Crippen LogP) is -0.303. The van der Waals surface area contributed by atoms with E-state index < -0.39 is 55.1 Å². The number of hydrogen-bond acceptors (Lipinski definition) is 12. The number of carbonyl (C=O) groups excluding carboxylic acids is 2. The van der Waals surface area contributed by atoms with Crippen LogP contribution in [0.5, 0.6) is 0 Å². The monoisotopic (exact) mass is 570 g/mol. The van der Waals surface area contributed by atoms with Crippen LogP contribution in [-0.2, 0) is 28.5 Å². The lowest BCUT2D eigenvalue weighted by atomic mass is 9.80. The van der Waals surface area contributed by atoms with Crippen molar-refractivity contribution in [1.82, 2.24) is 10.6 Å². The molecule has 6 atom stereocenters. The fourth-order valence-corrected chi connectivity index (χ4v) is 4.82. The number of aliphatic hydroxyl groups is 4. The molecule has 216 valence electrons. The molecule has 39 heavy (non-hydrogen) atoms. The molecular formula is C26H35ClN2O10. The van der Waals surface area contributed by atoms with Gasteiger partial charge in [0.15, 0.2) is 0 Å². The van der Waals surface area contributed by atoms with Crippen molar-refractivity contribution in [3.8, 4) is 0 Å². The molecule has 0 radical (unpaired) electrons. The highest BCUT2D eigenvalue weighted by Gasteiger charge is 2.43. The summed E-state index contributed by atoms with van der Waals surface area (Å²) in [5.74, 6) is -2.16. The van der Waals surface area contributed by atoms with Gasteiger partial charge in [-0.3, -0.25) is 5.32 Å². The summed E-state index contributed by atoms with van der Waals surface area (Å²) in [5.41, 5.74) is 1.71. The normalized spacial score (nSPS) is 27.3. The lowest BCUT2D eigenvalue weighted by molar-refractivity contribution is -0.236. The molecule has 1 aromatic carbocycles. The number of rotatable bonds is 11. The first kappa shape index (κ1) is 31.0. The van der Waals surface area contributed by atoms with Gasteiger partial charge in [0.25, 0.3) is 0 Å². The number of methoxy groups -OCH3 is 1. The molecule has 1 fully saturated rings. The molecule has 1 saturated heterocycles. The first-order chi connectivity index (χ1) is 18.7. The van der Waals surface area contributed by atoms with Gasteiger partial charge in [0, 0.05) is 17.3 Å². The summed E-state index contributed by atoms with van der Waals surface area (Å²) >= 11 is 6.49. The number of allylic oxidation sites excluding steroid dienone is 1. The minimum atomic E-state index is -1.50. The standard InChI is InChI=1S/C26H35ClN2O10/c1-4-38-26(35)20-16(12-37-10-9-28-24-23(33)22(32)21(31)17(11-30)39-24)29-13(2)18(25(34)36-3)19(20)14-7-5-6-8-15(14)27/h5-8,17,19,21-24,28-33H,4,9-12H2,1-3H3/t17-,19-,21+,22+,23-,24+/m1/s1. The number of hydrogen-bond donors (Lipinski definition) is 6. The van der Waals surface area contributed by atoms with Gasteiger partial charge in [0.2, 0.25) is 0 Å². The Bertz CT molecular complexity index is 1090. The third-order valence-electron chi connectivity index (χ3n) is 6.49. The number of benzene rings is 1. The zero-order chi connectivity index (χ0) is 28.7. The Balaban J connectivity index is 1.80. The number of nitrogens with one attached hydrogen (secondary N) is 2. The van der Waals surface area contributed by atoms with Gasteiger partial charge in [0.1, 0.15) is 30.6 Å². The van der Waals surface area contributed by atoms with Crippen molar-refractivity contribution in [2.24, 2.45) is 0 Å². The van der Waals surface area contributed by atoms with Gasteiger partial charge in [-0.25, -0.2) is 9.59 Å². The molecule has 2 heterocycles. The van der Waals surface area contributed by atoms with E-state index in [1.165, 1.54) is 7.11 Å². The molecule has 0 spiro atoms. The van der Waals surface area contributed by atoms with Crippen LogP contribution in [0.4, 0.5) is 0 Å². The summed E-state index contributed by atoms with van der Waals surface area (Å²) in [6.07, 6.45) is -6.47. The number of carbonyl (C=O) groups is 2. The Morgan fingerprint density at radius 1 is 1.10 bits per heavy atom. The molecule has 2 aliphatic heterocycles. The van der Waals surface area contributed by atoms with Gasteiger partial charge in [-0.05, 0) is 25.5 Å². The Labute approximate surface area is 231 Å². The topological polar surface area (TPSA) is 176 Å². The van der Waals surface area contributed by atoms with Crippen molar-refractivity contribution in [3.05, 3.63) is 57.4 Å². The van der Waals surface area contributed by atoms with Crippen molar-refractivity contribution in [1.29, 1.82) is 0 Å². The van der Waals surface area contributed by atoms with Crippen molar-refractivity contribution in [2.75, 3.05) is 40.1 Å². The second-order valence-corrected chi connectivity index (χ2v) is 9.39. The Morgan fingerprint density at radius 2 is 1.82 bits per heavy atom. The highest BCUT2D eigenvalue weighted by molar-refractivity contribution is 6.31. The number of halogens is 1. The molecule has 0 bridgehead atoms. The Kier molecular flexibility index (Phi) is 11.3. The van der Waals surface area contributed by atoms with E-state index >= 15 is 0 Å². The van der Waals surface area contributed by atoms with Crippen LogP contribution in [-0.4, -0.2) is 103 Å². The average Bonchev–Trinajstić information content (AvgIpc) is 2.92. The molecular weight excluding hydrogens is 536 g/mol. The van der Waals surface area contributed by atoms with Crippen molar-refractivity contribution in [3.63, 3.8) is 0 Å². The van der Waals surface area contributed by atoms with Crippen LogP contribution in [0.25, 0.3) is 0 Å². The first-order valence-corrected chi connectivity index (χ1v) is 12.9. The molecule has 3 rings (SSSR count). The van der Waals surface area contributed by atoms with Crippen LogP contribution in [0.15, 0.2) is 46.8 Å². The molecule has 13 heteroatoms. The van der Waals surface area contributed by atoms with Crippen molar-refractivity contribution >= 4 is 23.5 Å². The summed E-state index contributed by atoms with van der Waals surface area (Å²) in [7, 11) is 1.25. The van der Waals surface area contributed by atoms with Crippen molar-refractivity contribution in [2.45, 2.75) is 50.4 Å². The molecule has 12 nitrogen and oxygen atoms in total. The van der Waals surface area contributed by atoms with Gasteiger partial charge in [-0.15, -0.1) is 0 Å². The highest BCUT2D eigenvalue weighted by Crippen LogP contribution is 2.41. The van der Waals surface area contributed by atoms with Gasteiger partial charge >= 0.3 is 11.9 Å². The summed E-state index contributed by atoms with van der Waals surface area (Å²) < 4.78 is 21.5. The van der Waals surface area contributed by atoms with E-state index in [1.807, 2.05) is 0 Å². The zero-order valence-corrected chi connectivity index (χ0v) is 22.7. The number of aliphatic hydroxyl groups excluding tert-OH is 4. The van der Waals surface area contributed by atoms with Crippen LogP contribution >= 0.6 is 11.6 Å². The fraction of sp³-hybridized carbons (Fsp3) is 0.538. The summed E-state index contributed by atoms with van der Waals surface area (Å²) in [4.78, 5) is 26.0. The first-order valence-electron chi connectivity index (χ1n) is 12.5. The second-order valence-electron chi connectivity index (χ2n) is 8.98. The van der Waals surface area contributed by atoms with E-state index in [9.17, 15) is 30.0 Å². The summed E-state index contributed by atoms with van der Waals surface area (Å²) in [5, 5.41) is 45.6. The van der Waals surface area contributed by atoms with E-state index in [2.05, 4.69) is 10.6 Å². The lowest BCUT2D eigenvalue weighted by Crippen LogP contribution is -2.62. The van der Waals surface area contributed by atoms with E-state index in [1.54, 1.807) is 38.1 Å². The molecule has 1 aromatic rings. The Hall–Kier alpha value is -2.55. The minimum Gasteiger partial charge on any atom is -0.466 e. The zero-order valence-electron chi connectivity index (χ0n) is 21.9. The fourth-order valence-electron chi connectivity index (χ4n) is 4.58. The third kappa shape index (κ3) is 6.97. The molecule has 0 unspecified atom stereocenters. The molecule has 0 saturated carbocycles.